The molecule has 8 heteroatoms. The van der Waals surface area contributed by atoms with Crippen molar-refractivity contribution in [1.82, 2.24) is 0 Å². The average molecular weight is 365 g/mol. The second-order valence-electron chi connectivity index (χ2n) is 5.39. The van der Waals surface area contributed by atoms with Crippen LogP contribution in [0.4, 0.5) is 5.00 Å². The molecular weight excluding hydrogens is 350 g/mol. The molecular formula is C16H15NO5S2. The third-order valence-corrected chi connectivity index (χ3v) is 5.25. The second kappa shape index (κ2) is 6.74. The fourth-order valence-corrected chi connectivity index (χ4v) is 4.25. The molecule has 0 radical (unpaired) electrons. The number of hydrogen-bond donors (Lipinski definition) is 1. The van der Waals surface area contributed by atoms with E-state index in [1.807, 2.05) is 17.5 Å². The maximum absolute atomic E-state index is 12.7. The Balaban J connectivity index is 1.92. The lowest BCUT2D eigenvalue weighted by Gasteiger charge is -2.10. The zero-order chi connectivity index (χ0) is 17.3. The highest BCUT2D eigenvalue weighted by Gasteiger charge is 2.36. The van der Waals surface area contributed by atoms with Gasteiger partial charge in [-0.3, -0.25) is 4.79 Å². The minimum Gasteiger partial charge on any atom is -0.460 e. The molecule has 0 aromatic carbocycles. The van der Waals surface area contributed by atoms with Crippen molar-refractivity contribution in [3.05, 3.63) is 28.5 Å². The number of rotatable bonds is 4. The smallest absolute Gasteiger partial charge is 0.347 e. The van der Waals surface area contributed by atoms with Crippen LogP contribution in [-0.4, -0.2) is 30.1 Å². The van der Waals surface area contributed by atoms with Gasteiger partial charge in [0.1, 0.15) is 16.7 Å². The van der Waals surface area contributed by atoms with Crippen LogP contribution in [0.2, 0.25) is 0 Å². The van der Waals surface area contributed by atoms with E-state index in [2.05, 4.69) is 5.32 Å². The van der Waals surface area contributed by atoms with Gasteiger partial charge in [-0.1, -0.05) is 6.07 Å². The molecule has 3 heterocycles. The number of nitrogens with one attached hydrogen (secondary N) is 1. The molecule has 6 nitrogen and oxygen atoms in total. The predicted molar refractivity (Wildman–Crippen MR) is 91.3 cm³/mol. The van der Waals surface area contributed by atoms with Gasteiger partial charge in [-0.2, -0.15) is 0 Å². The van der Waals surface area contributed by atoms with Crippen molar-refractivity contribution in [2.45, 2.75) is 32.5 Å². The Morgan fingerprint density at radius 2 is 2.17 bits per heavy atom. The molecule has 1 aliphatic heterocycles. The highest BCUT2D eigenvalue weighted by Crippen LogP contribution is 2.38. The molecule has 126 valence electrons. The standard InChI is InChI=1S/C16H15NO5S2/c1-8-6-11(15(19)21-8)22-16(20)13-10(12-4-3-5-23-12)7-24-14(13)17-9(2)18/h3-5,7-8,11H,6H2,1-2H3,(H,17,18)/t8-,11+/m1/s1. The van der Waals surface area contributed by atoms with Gasteiger partial charge in [-0.15, -0.1) is 22.7 Å². The Morgan fingerprint density at radius 1 is 1.38 bits per heavy atom. The van der Waals surface area contributed by atoms with Crippen molar-refractivity contribution >= 4 is 45.5 Å². The predicted octanol–water partition coefficient (Wildman–Crippen LogP) is 3.30. The molecule has 0 aliphatic carbocycles. The van der Waals surface area contributed by atoms with Crippen LogP contribution in [-0.2, 0) is 19.1 Å². The topological polar surface area (TPSA) is 81.7 Å². The summed E-state index contributed by atoms with van der Waals surface area (Å²) in [7, 11) is 0. The van der Waals surface area contributed by atoms with Crippen molar-refractivity contribution in [3.8, 4) is 10.4 Å². The number of carbonyl (C=O) groups is 3. The molecule has 0 spiro atoms. The molecule has 2 atom stereocenters. The maximum Gasteiger partial charge on any atom is 0.347 e. The first-order chi connectivity index (χ1) is 11.5. The molecule has 1 saturated heterocycles. The van der Waals surface area contributed by atoms with Crippen molar-refractivity contribution < 1.29 is 23.9 Å². The molecule has 2 aromatic heterocycles. The van der Waals surface area contributed by atoms with Crippen LogP contribution >= 0.6 is 22.7 Å². The van der Waals surface area contributed by atoms with Crippen LogP contribution in [0.1, 0.15) is 30.6 Å². The first kappa shape index (κ1) is 16.7. The van der Waals surface area contributed by atoms with Crippen LogP contribution in [0, 0.1) is 0 Å². The zero-order valence-electron chi connectivity index (χ0n) is 13.0. The van der Waals surface area contributed by atoms with E-state index in [0.29, 0.717) is 17.0 Å². The lowest BCUT2D eigenvalue weighted by atomic mass is 10.1. The maximum atomic E-state index is 12.7. The Labute approximate surface area is 146 Å². The molecule has 1 N–H and O–H groups in total. The Bertz CT molecular complexity index is 780. The third-order valence-electron chi connectivity index (χ3n) is 3.45. The lowest BCUT2D eigenvalue weighted by Crippen LogP contribution is -2.23. The summed E-state index contributed by atoms with van der Waals surface area (Å²) < 4.78 is 10.4. The van der Waals surface area contributed by atoms with E-state index in [0.717, 1.165) is 4.88 Å². The summed E-state index contributed by atoms with van der Waals surface area (Å²) in [6.45, 7) is 3.12. The molecule has 24 heavy (non-hydrogen) atoms. The number of esters is 2. The quantitative estimate of drug-likeness (QED) is 0.841. The van der Waals surface area contributed by atoms with Gasteiger partial charge in [0.25, 0.3) is 0 Å². The highest BCUT2D eigenvalue weighted by atomic mass is 32.1. The first-order valence-electron chi connectivity index (χ1n) is 7.30. The molecule has 0 bridgehead atoms. The van der Waals surface area contributed by atoms with E-state index < -0.39 is 18.0 Å². The number of cyclic esters (lactones) is 1. The van der Waals surface area contributed by atoms with Gasteiger partial charge < -0.3 is 14.8 Å². The summed E-state index contributed by atoms with van der Waals surface area (Å²) in [5.41, 5.74) is 0.952. The number of ether oxygens (including phenoxy) is 2. The van der Waals surface area contributed by atoms with Crippen LogP contribution in [0.15, 0.2) is 22.9 Å². The van der Waals surface area contributed by atoms with Crippen molar-refractivity contribution in [2.24, 2.45) is 0 Å². The van der Waals surface area contributed by atoms with E-state index in [4.69, 9.17) is 9.47 Å². The summed E-state index contributed by atoms with van der Waals surface area (Å²) in [5.74, 6) is -1.46. The van der Waals surface area contributed by atoms with Gasteiger partial charge >= 0.3 is 11.9 Å². The molecule has 1 amide bonds. The lowest BCUT2D eigenvalue weighted by molar-refractivity contribution is -0.147. The molecule has 1 fully saturated rings. The summed E-state index contributed by atoms with van der Waals surface area (Å²) in [6.07, 6.45) is -0.850. The monoisotopic (exact) mass is 365 g/mol. The van der Waals surface area contributed by atoms with Crippen molar-refractivity contribution in [1.29, 1.82) is 0 Å². The average Bonchev–Trinajstić information content (AvgIpc) is 3.19. The van der Waals surface area contributed by atoms with E-state index in [9.17, 15) is 14.4 Å². The highest BCUT2D eigenvalue weighted by molar-refractivity contribution is 7.17. The number of amides is 1. The summed E-state index contributed by atoms with van der Waals surface area (Å²) in [5, 5.41) is 6.76. The molecule has 2 aromatic rings. The van der Waals surface area contributed by atoms with Crippen LogP contribution < -0.4 is 5.32 Å². The largest absolute Gasteiger partial charge is 0.460 e. The molecule has 3 rings (SSSR count). The third kappa shape index (κ3) is 3.34. The van der Waals surface area contributed by atoms with E-state index in [1.165, 1.54) is 29.6 Å². The number of hydrogen-bond acceptors (Lipinski definition) is 7. The van der Waals surface area contributed by atoms with Gasteiger partial charge in [-0.25, -0.2) is 9.59 Å². The van der Waals surface area contributed by atoms with E-state index in [1.54, 1.807) is 12.3 Å². The van der Waals surface area contributed by atoms with Gasteiger partial charge in [0.2, 0.25) is 12.0 Å². The normalized spacial score (nSPS) is 19.8. The van der Waals surface area contributed by atoms with Gasteiger partial charge in [0.05, 0.1) is 0 Å². The van der Waals surface area contributed by atoms with Crippen LogP contribution in [0.25, 0.3) is 10.4 Å². The SMILES string of the molecule is CC(=O)Nc1scc(-c2cccs2)c1C(=O)O[C@H]1C[C@@H](C)OC1=O. The molecule has 0 unspecified atom stereocenters. The van der Waals surface area contributed by atoms with Gasteiger partial charge in [-0.05, 0) is 18.4 Å². The fraction of sp³-hybridized carbons (Fsp3) is 0.312. The Kier molecular flexibility index (Phi) is 4.68. The summed E-state index contributed by atoms with van der Waals surface area (Å²) in [6, 6.07) is 3.76. The minimum atomic E-state index is -0.909. The number of thiophene rings is 2. The number of anilines is 1. The first-order valence-corrected chi connectivity index (χ1v) is 9.06. The minimum absolute atomic E-state index is 0.269. The van der Waals surface area contributed by atoms with Crippen molar-refractivity contribution in [2.75, 3.05) is 5.32 Å². The van der Waals surface area contributed by atoms with Gasteiger partial charge in [0.15, 0.2) is 0 Å². The second-order valence-corrected chi connectivity index (χ2v) is 7.22. The van der Waals surface area contributed by atoms with Crippen LogP contribution in [0.3, 0.4) is 0 Å². The summed E-state index contributed by atoms with van der Waals surface area (Å²) in [4.78, 5) is 36.6. The van der Waals surface area contributed by atoms with E-state index in [-0.39, 0.29) is 17.6 Å². The Hall–Kier alpha value is -2.19. The fourth-order valence-electron chi connectivity index (χ4n) is 2.43. The van der Waals surface area contributed by atoms with Gasteiger partial charge in [0, 0.05) is 29.2 Å². The summed E-state index contributed by atoms with van der Waals surface area (Å²) >= 11 is 2.73. The number of carbonyl (C=O) groups excluding carboxylic acids is 3. The molecule has 0 saturated carbocycles. The van der Waals surface area contributed by atoms with Crippen molar-refractivity contribution in [3.63, 3.8) is 0 Å². The zero-order valence-corrected chi connectivity index (χ0v) is 14.7. The molecule has 1 aliphatic rings. The van der Waals surface area contributed by atoms with Crippen LogP contribution in [0.5, 0.6) is 0 Å². The van der Waals surface area contributed by atoms with E-state index >= 15 is 0 Å². The Morgan fingerprint density at radius 3 is 2.75 bits per heavy atom.